The van der Waals surface area contributed by atoms with Crippen LogP contribution in [-0.2, 0) is 9.53 Å². The molecule has 0 spiro atoms. The number of halogens is 1. The van der Waals surface area contributed by atoms with Crippen molar-refractivity contribution in [2.24, 2.45) is 0 Å². The number of hydrogen-bond donors (Lipinski definition) is 2. The molecule has 2 amide bonds. The average molecular weight is 381 g/mol. The first-order valence-corrected chi connectivity index (χ1v) is 7.33. The molecule has 1 aromatic heterocycles. The normalized spacial score (nSPS) is 10.0. The van der Waals surface area contributed by atoms with Crippen LogP contribution < -0.4 is 10.6 Å². The largest absolute Gasteiger partial charge is 0.450 e. The molecule has 7 nitrogen and oxygen atoms in total. The molecule has 0 atom stereocenters. The van der Waals surface area contributed by atoms with Gasteiger partial charge in [-0.05, 0) is 52.3 Å². The lowest BCUT2D eigenvalue weighted by atomic mass is 10.2. The van der Waals surface area contributed by atoms with Crippen LogP contribution in [0.3, 0.4) is 0 Å². The lowest BCUT2D eigenvalue weighted by Gasteiger charge is -2.06. The molecule has 1 heterocycles. The van der Waals surface area contributed by atoms with E-state index < -0.39 is 18.5 Å². The van der Waals surface area contributed by atoms with Crippen molar-refractivity contribution < 1.29 is 23.5 Å². The number of nitrogens with one attached hydrogen (secondary N) is 2. The molecule has 0 aliphatic rings. The lowest BCUT2D eigenvalue weighted by molar-refractivity contribution is -0.119. The Hall–Kier alpha value is -2.61. The summed E-state index contributed by atoms with van der Waals surface area (Å²) in [5, 5.41) is 5.05. The molecule has 120 valence electrons. The van der Waals surface area contributed by atoms with E-state index in [2.05, 4.69) is 26.6 Å². The Bertz CT molecular complexity index is 724. The van der Waals surface area contributed by atoms with Crippen molar-refractivity contribution in [1.29, 1.82) is 0 Å². The van der Waals surface area contributed by atoms with E-state index >= 15 is 0 Å². The highest BCUT2D eigenvalue weighted by Crippen LogP contribution is 2.15. The van der Waals surface area contributed by atoms with Crippen molar-refractivity contribution in [2.45, 2.75) is 0 Å². The summed E-state index contributed by atoms with van der Waals surface area (Å²) in [6.45, 7) is -0.450. The predicted molar refractivity (Wildman–Crippen MR) is 85.2 cm³/mol. The van der Waals surface area contributed by atoms with E-state index in [0.717, 1.165) is 0 Å². The number of rotatable bonds is 5. The van der Waals surface area contributed by atoms with Crippen LogP contribution in [0.2, 0.25) is 0 Å². The highest BCUT2D eigenvalue weighted by Gasteiger charge is 2.14. The number of amides is 2. The number of carbonyl (C=O) groups is 3. The first-order valence-electron chi connectivity index (χ1n) is 6.54. The molecule has 0 unspecified atom stereocenters. The Morgan fingerprint density at radius 2 is 1.83 bits per heavy atom. The van der Waals surface area contributed by atoms with Crippen molar-refractivity contribution >= 4 is 39.4 Å². The summed E-state index contributed by atoms with van der Waals surface area (Å²) in [7, 11) is 1.53. The van der Waals surface area contributed by atoms with E-state index in [1.165, 1.54) is 13.1 Å². The van der Waals surface area contributed by atoms with Crippen LogP contribution in [0, 0.1) is 0 Å². The first-order chi connectivity index (χ1) is 11.0. The van der Waals surface area contributed by atoms with Gasteiger partial charge >= 0.3 is 5.97 Å². The standard InChI is InChI=1S/C15H13BrN2O5/c1-17-14(20)9-2-4-10(5-3-9)18-13(19)8-22-15(21)11-6-7-12(16)23-11/h2-7H,8H2,1H3,(H,17,20)(H,18,19). The summed E-state index contributed by atoms with van der Waals surface area (Å²) in [4.78, 5) is 34.7. The van der Waals surface area contributed by atoms with Crippen molar-refractivity contribution in [2.75, 3.05) is 19.0 Å². The predicted octanol–water partition coefficient (Wildman–Crippen LogP) is 2.20. The zero-order valence-electron chi connectivity index (χ0n) is 12.1. The third kappa shape index (κ3) is 4.68. The molecule has 0 saturated heterocycles. The van der Waals surface area contributed by atoms with Gasteiger partial charge in [-0.1, -0.05) is 0 Å². The molecular formula is C15H13BrN2O5. The SMILES string of the molecule is CNC(=O)c1ccc(NC(=O)COC(=O)c2ccc(Br)o2)cc1. The van der Waals surface area contributed by atoms with Gasteiger partial charge in [0.15, 0.2) is 11.3 Å². The van der Waals surface area contributed by atoms with E-state index in [1.807, 2.05) is 0 Å². The minimum absolute atomic E-state index is 0.000365. The zero-order chi connectivity index (χ0) is 16.8. The van der Waals surface area contributed by atoms with E-state index in [0.29, 0.717) is 15.9 Å². The van der Waals surface area contributed by atoms with Crippen LogP contribution in [0.25, 0.3) is 0 Å². The molecule has 8 heteroatoms. The Balaban J connectivity index is 1.85. The van der Waals surface area contributed by atoms with Crippen LogP contribution in [0.5, 0.6) is 0 Å². The molecular weight excluding hydrogens is 368 g/mol. The Morgan fingerprint density at radius 3 is 2.39 bits per heavy atom. The van der Waals surface area contributed by atoms with Crippen LogP contribution >= 0.6 is 15.9 Å². The molecule has 0 fully saturated rings. The molecule has 0 radical (unpaired) electrons. The Labute approximate surface area is 140 Å². The molecule has 0 aliphatic heterocycles. The van der Waals surface area contributed by atoms with E-state index in [9.17, 15) is 14.4 Å². The fourth-order valence-corrected chi connectivity index (χ4v) is 1.98. The Morgan fingerprint density at radius 1 is 1.13 bits per heavy atom. The van der Waals surface area contributed by atoms with Crippen LogP contribution in [-0.4, -0.2) is 31.4 Å². The number of carbonyl (C=O) groups excluding carboxylic acids is 3. The van der Waals surface area contributed by atoms with E-state index in [-0.39, 0.29) is 11.7 Å². The third-order valence-electron chi connectivity index (χ3n) is 2.77. The van der Waals surface area contributed by atoms with Crippen LogP contribution in [0.1, 0.15) is 20.9 Å². The number of benzene rings is 1. The summed E-state index contributed by atoms with van der Waals surface area (Å²) in [6, 6.07) is 9.27. The van der Waals surface area contributed by atoms with Gasteiger partial charge in [-0.2, -0.15) is 0 Å². The molecule has 23 heavy (non-hydrogen) atoms. The molecule has 0 saturated carbocycles. The smallest absolute Gasteiger partial charge is 0.374 e. The molecule has 1 aromatic carbocycles. The fraction of sp³-hybridized carbons (Fsp3) is 0.133. The monoisotopic (exact) mass is 380 g/mol. The van der Waals surface area contributed by atoms with Crippen molar-refractivity contribution in [3.8, 4) is 0 Å². The summed E-state index contributed by atoms with van der Waals surface area (Å²) in [6.07, 6.45) is 0. The molecule has 2 aromatic rings. The number of anilines is 1. The van der Waals surface area contributed by atoms with Crippen molar-refractivity contribution in [3.63, 3.8) is 0 Å². The van der Waals surface area contributed by atoms with Gasteiger partial charge in [-0.3, -0.25) is 9.59 Å². The second-order valence-corrected chi connectivity index (χ2v) is 5.17. The number of furan rings is 1. The van der Waals surface area contributed by atoms with Crippen LogP contribution in [0.4, 0.5) is 5.69 Å². The minimum atomic E-state index is -0.735. The summed E-state index contributed by atoms with van der Waals surface area (Å²) in [5.41, 5.74) is 0.958. The fourth-order valence-electron chi connectivity index (χ4n) is 1.67. The van der Waals surface area contributed by atoms with Gasteiger partial charge in [0.25, 0.3) is 11.8 Å². The topological polar surface area (TPSA) is 97.6 Å². The molecule has 2 rings (SSSR count). The average Bonchev–Trinajstić information content (AvgIpc) is 2.99. The summed E-state index contributed by atoms with van der Waals surface area (Å²) in [5.74, 6) is -1.46. The third-order valence-corrected chi connectivity index (χ3v) is 3.19. The molecule has 2 N–H and O–H groups in total. The van der Waals surface area contributed by atoms with Gasteiger partial charge in [0.05, 0.1) is 0 Å². The minimum Gasteiger partial charge on any atom is -0.450 e. The van der Waals surface area contributed by atoms with Gasteiger partial charge in [0, 0.05) is 18.3 Å². The second kappa shape index (κ2) is 7.59. The lowest BCUT2D eigenvalue weighted by Crippen LogP contribution is -2.21. The second-order valence-electron chi connectivity index (χ2n) is 4.38. The van der Waals surface area contributed by atoms with Gasteiger partial charge < -0.3 is 19.8 Å². The molecule has 0 bridgehead atoms. The van der Waals surface area contributed by atoms with E-state index in [1.54, 1.807) is 30.3 Å². The maximum Gasteiger partial charge on any atom is 0.374 e. The number of hydrogen-bond acceptors (Lipinski definition) is 5. The highest BCUT2D eigenvalue weighted by atomic mass is 79.9. The van der Waals surface area contributed by atoms with Gasteiger partial charge in [-0.25, -0.2) is 4.79 Å². The van der Waals surface area contributed by atoms with Crippen LogP contribution in [0.15, 0.2) is 45.5 Å². The highest BCUT2D eigenvalue weighted by molar-refractivity contribution is 9.10. The summed E-state index contributed by atoms with van der Waals surface area (Å²) < 4.78 is 10.2. The van der Waals surface area contributed by atoms with Gasteiger partial charge in [0.1, 0.15) is 0 Å². The van der Waals surface area contributed by atoms with Crippen molar-refractivity contribution in [3.05, 3.63) is 52.4 Å². The zero-order valence-corrected chi connectivity index (χ0v) is 13.7. The number of esters is 1. The quantitative estimate of drug-likeness (QED) is 0.774. The first kappa shape index (κ1) is 16.8. The number of ether oxygens (including phenoxy) is 1. The van der Waals surface area contributed by atoms with Crippen molar-refractivity contribution in [1.82, 2.24) is 5.32 Å². The molecule has 0 aliphatic carbocycles. The van der Waals surface area contributed by atoms with Gasteiger partial charge in [-0.15, -0.1) is 0 Å². The maximum atomic E-state index is 11.7. The summed E-state index contributed by atoms with van der Waals surface area (Å²) >= 11 is 3.06. The van der Waals surface area contributed by atoms with E-state index in [4.69, 9.17) is 9.15 Å². The van der Waals surface area contributed by atoms with Gasteiger partial charge in [0.2, 0.25) is 5.76 Å². The maximum absolute atomic E-state index is 11.7. The Kier molecular flexibility index (Phi) is 5.53.